The van der Waals surface area contributed by atoms with Crippen molar-refractivity contribution >= 4 is 26.4 Å². The van der Waals surface area contributed by atoms with Crippen molar-refractivity contribution < 1.29 is 14.3 Å². The third kappa shape index (κ3) is 4.07. The van der Waals surface area contributed by atoms with Gasteiger partial charge in [-0.15, -0.1) is 0 Å². The zero-order chi connectivity index (χ0) is 18.5. The van der Waals surface area contributed by atoms with Crippen molar-refractivity contribution in [2.75, 3.05) is 6.61 Å². The molecule has 0 N–H and O–H groups in total. The third-order valence-corrected chi connectivity index (χ3v) is 5.37. The number of ether oxygens (including phenoxy) is 1. The summed E-state index contributed by atoms with van der Waals surface area (Å²) in [5, 5.41) is 4.35. The molecule has 2 aromatic carbocycles. The first kappa shape index (κ1) is 18.0. The summed E-state index contributed by atoms with van der Waals surface area (Å²) < 4.78 is 7.34. The van der Waals surface area contributed by atoms with Crippen LogP contribution in [0.5, 0.6) is 0 Å². The van der Waals surface area contributed by atoms with E-state index in [9.17, 15) is 9.59 Å². The second-order valence-electron chi connectivity index (χ2n) is 5.44. The molecule has 1 amide bonds. The Labute approximate surface area is 156 Å². The number of aromatic nitrogens is 2. The van der Waals surface area contributed by atoms with Gasteiger partial charge >= 0.3 is 156 Å². The summed E-state index contributed by atoms with van der Waals surface area (Å²) in [5.41, 5.74) is 2.34. The van der Waals surface area contributed by atoms with Crippen LogP contribution >= 0.6 is 0 Å². The first-order chi connectivity index (χ1) is 12.6. The fourth-order valence-electron chi connectivity index (χ4n) is 2.22. The average Bonchev–Trinajstić information content (AvgIpc) is 3.07. The Bertz CT molecular complexity index is 989. The van der Waals surface area contributed by atoms with Gasteiger partial charge in [0, 0.05) is 0 Å². The molecule has 3 aromatic rings. The fraction of sp³-hybridized carbons (Fsp3) is 0.158. The van der Waals surface area contributed by atoms with Gasteiger partial charge in [0.1, 0.15) is 0 Å². The Morgan fingerprint density at radius 1 is 1.12 bits per heavy atom. The minimum atomic E-state index is -0.512. The summed E-state index contributed by atoms with van der Waals surface area (Å²) in [7, 11) is 0. The number of hydrogen-bond donors (Lipinski definition) is 0. The van der Waals surface area contributed by atoms with Gasteiger partial charge in [-0.1, -0.05) is 0 Å². The number of carbonyl (C=O) groups excluding carboxylic acids is 2. The van der Waals surface area contributed by atoms with E-state index in [1.165, 1.54) is 0 Å². The van der Waals surface area contributed by atoms with Crippen LogP contribution in [0.25, 0.3) is 5.69 Å². The van der Waals surface area contributed by atoms with Gasteiger partial charge in [-0.2, -0.15) is 0 Å². The number of aryl methyl sites for hydroxylation is 1. The quantitative estimate of drug-likeness (QED) is 0.485. The van der Waals surface area contributed by atoms with Crippen LogP contribution in [0.15, 0.2) is 59.6 Å². The maximum atomic E-state index is 12.5. The van der Waals surface area contributed by atoms with Crippen molar-refractivity contribution in [3.63, 3.8) is 0 Å². The van der Waals surface area contributed by atoms with Crippen molar-refractivity contribution in [2.24, 2.45) is 4.99 Å². The summed E-state index contributed by atoms with van der Waals surface area (Å²) in [6, 6.07) is 16.5. The van der Waals surface area contributed by atoms with Gasteiger partial charge in [0.25, 0.3) is 0 Å². The molecule has 1 heterocycles. The number of benzene rings is 2. The van der Waals surface area contributed by atoms with E-state index in [-0.39, 0.29) is 12.5 Å². The monoisotopic (exact) mass is 415 g/mol. The zero-order valence-electron chi connectivity index (χ0n) is 14.4. The molecule has 0 aliphatic carbocycles. The molecule has 7 heteroatoms. The average molecular weight is 414 g/mol. The van der Waals surface area contributed by atoms with Crippen LogP contribution < -0.4 is 4.36 Å². The number of hydrogen-bond acceptors (Lipinski definition) is 4. The van der Waals surface area contributed by atoms with Crippen molar-refractivity contribution in [1.29, 1.82) is 0 Å². The van der Waals surface area contributed by atoms with Gasteiger partial charge in [-0.3, -0.25) is 0 Å². The number of esters is 1. The van der Waals surface area contributed by atoms with Crippen molar-refractivity contribution in [3.8, 4) is 5.69 Å². The minimum absolute atomic E-state index is 0.272. The number of rotatable bonds is 4. The molecule has 0 bridgehead atoms. The standard InChI is InChI=1S/C19H17N3O3Se/c1-3-25-18(24)17-21-22(15-11-9-13(2)10-12-15)19(26-17)20-16(23)14-7-5-4-6-8-14/h4-12H,3H2,1-2H3. The molecule has 0 aliphatic heterocycles. The summed E-state index contributed by atoms with van der Waals surface area (Å²) in [6.45, 7) is 4.00. The van der Waals surface area contributed by atoms with Crippen LogP contribution in [-0.4, -0.2) is 42.8 Å². The van der Waals surface area contributed by atoms with Crippen LogP contribution in [0.3, 0.4) is 0 Å². The van der Waals surface area contributed by atoms with Crippen molar-refractivity contribution in [1.82, 2.24) is 9.78 Å². The summed E-state index contributed by atoms with van der Waals surface area (Å²) in [4.78, 5) is 28.8. The molecule has 0 aliphatic rings. The molecular weight excluding hydrogens is 397 g/mol. The van der Waals surface area contributed by atoms with E-state index in [1.54, 1.807) is 35.9 Å². The Morgan fingerprint density at radius 2 is 1.81 bits per heavy atom. The molecule has 6 nitrogen and oxygen atoms in total. The molecular formula is C19H17N3O3Se. The SMILES string of the molecule is CCOC(=O)c1nn(-c2ccc(C)cc2)c(=NC(=O)c2ccccc2)[se]1. The van der Waals surface area contributed by atoms with Crippen molar-refractivity contribution in [3.05, 3.63) is 74.7 Å². The Hall–Kier alpha value is -2.76. The number of carbonyl (C=O) groups is 2. The second-order valence-corrected chi connectivity index (χ2v) is 7.45. The molecule has 0 saturated carbocycles. The zero-order valence-corrected chi connectivity index (χ0v) is 16.1. The number of amides is 1. The van der Waals surface area contributed by atoms with E-state index in [0.717, 1.165) is 11.3 Å². The predicted octanol–water partition coefficient (Wildman–Crippen LogP) is 2.16. The summed E-state index contributed by atoms with van der Waals surface area (Å²) in [6.07, 6.45) is 0. The van der Waals surface area contributed by atoms with Gasteiger partial charge in [0.05, 0.1) is 0 Å². The second kappa shape index (κ2) is 8.08. The van der Waals surface area contributed by atoms with Gasteiger partial charge in [0.15, 0.2) is 0 Å². The summed E-state index contributed by atoms with van der Waals surface area (Å²) in [5.74, 6) is -0.832. The van der Waals surface area contributed by atoms with E-state index in [1.807, 2.05) is 37.3 Å². The predicted molar refractivity (Wildman–Crippen MR) is 97.5 cm³/mol. The van der Waals surface area contributed by atoms with Gasteiger partial charge in [-0.25, -0.2) is 0 Å². The molecule has 0 atom stereocenters. The van der Waals surface area contributed by atoms with Crippen LogP contribution in [0.4, 0.5) is 0 Å². The van der Waals surface area contributed by atoms with Crippen molar-refractivity contribution in [2.45, 2.75) is 13.8 Å². The van der Waals surface area contributed by atoms with E-state index in [0.29, 0.717) is 14.5 Å². The number of nitrogens with zero attached hydrogens (tertiary/aromatic N) is 3. The first-order valence-corrected chi connectivity index (χ1v) is 9.78. The molecule has 132 valence electrons. The topological polar surface area (TPSA) is 73.5 Å². The first-order valence-electron chi connectivity index (χ1n) is 8.07. The normalized spacial score (nSPS) is 11.4. The van der Waals surface area contributed by atoms with Crippen LogP contribution in [0, 0.1) is 6.92 Å². The van der Waals surface area contributed by atoms with E-state index >= 15 is 0 Å². The maximum absolute atomic E-state index is 12.5. The van der Waals surface area contributed by atoms with Gasteiger partial charge in [-0.05, 0) is 0 Å². The molecule has 0 unspecified atom stereocenters. The molecule has 0 spiro atoms. The molecule has 26 heavy (non-hydrogen) atoms. The molecule has 0 fully saturated rings. The Balaban J connectivity index is 2.10. The van der Waals surface area contributed by atoms with E-state index < -0.39 is 20.5 Å². The van der Waals surface area contributed by atoms with E-state index in [4.69, 9.17) is 4.74 Å². The van der Waals surface area contributed by atoms with Crippen LogP contribution in [0.2, 0.25) is 0 Å². The van der Waals surface area contributed by atoms with E-state index in [2.05, 4.69) is 10.1 Å². The molecule has 1 aromatic heterocycles. The van der Waals surface area contributed by atoms with Crippen LogP contribution in [-0.2, 0) is 4.74 Å². The van der Waals surface area contributed by atoms with Gasteiger partial charge < -0.3 is 0 Å². The summed E-state index contributed by atoms with van der Waals surface area (Å²) >= 11 is -0.512. The molecule has 3 rings (SSSR count). The van der Waals surface area contributed by atoms with Gasteiger partial charge in [0.2, 0.25) is 0 Å². The molecule has 0 saturated heterocycles. The Kier molecular flexibility index (Phi) is 5.61. The van der Waals surface area contributed by atoms with Crippen LogP contribution in [0.1, 0.15) is 32.2 Å². The molecule has 0 radical (unpaired) electrons. The fourth-order valence-corrected chi connectivity index (χ4v) is 3.89. The Morgan fingerprint density at radius 3 is 2.46 bits per heavy atom. The third-order valence-electron chi connectivity index (χ3n) is 3.51.